The van der Waals surface area contributed by atoms with Crippen LogP contribution in [0.25, 0.3) is 0 Å². The highest BCUT2D eigenvalue weighted by atomic mass is 32.2. The van der Waals surface area contributed by atoms with Crippen LogP contribution in [0, 0.1) is 5.92 Å². The molecule has 0 aromatic carbocycles. The van der Waals surface area contributed by atoms with Crippen LogP contribution in [0.15, 0.2) is 12.7 Å². The minimum absolute atomic E-state index is 0.00693. The predicted molar refractivity (Wildman–Crippen MR) is 83.4 cm³/mol. The number of ketones is 1. The van der Waals surface area contributed by atoms with E-state index in [0.29, 0.717) is 23.8 Å². The molecule has 0 heterocycles. The van der Waals surface area contributed by atoms with E-state index in [0.717, 1.165) is 19.3 Å². The maximum absolute atomic E-state index is 12.3. The number of rotatable bonds is 6. The Morgan fingerprint density at radius 2 is 2.37 bits per heavy atom. The van der Waals surface area contributed by atoms with Crippen molar-refractivity contribution in [1.82, 2.24) is 0 Å². The zero-order valence-electron chi connectivity index (χ0n) is 11.4. The van der Waals surface area contributed by atoms with Crippen LogP contribution in [0.4, 0.5) is 0 Å². The van der Waals surface area contributed by atoms with Crippen LogP contribution in [0.1, 0.15) is 39.0 Å². The van der Waals surface area contributed by atoms with Gasteiger partial charge in [-0.05, 0) is 44.3 Å². The lowest BCUT2D eigenvalue weighted by atomic mass is 9.72. The fraction of sp³-hybridized carbons (Fsp3) is 0.714. The first kappa shape index (κ1) is 16.7. The largest absolute Gasteiger partial charge is 0.479 e. The van der Waals surface area contributed by atoms with Gasteiger partial charge < -0.3 is 9.84 Å². The zero-order chi connectivity index (χ0) is 14.3. The van der Waals surface area contributed by atoms with E-state index in [1.54, 1.807) is 6.08 Å². The van der Waals surface area contributed by atoms with Crippen molar-refractivity contribution in [2.45, 2.75) is 44.6 Å². The summed E-state index contributed by atoms with van der Waals surface area (Å²) in [6.07, 6.45) is 5.87. The molecule has 0 amide bonds. The molecular formula is C14H22O3S2. The van der Waals surface area contributed by atoms with Crippen LogP contribution in [-0.2, 0) is 9.53 Å². The fourth-order valence-electron chi connectivity index (χ4n) is 2.52. The average molecular weight is 302 g/mol. The van der Waals surface area contributed by atoms with Gasteiger partial charge in [-0.15, -0.1) is 6.58 Å². The Kier molecular flexibility index (Phi) is 7.04. The summed E-state index contributed by atoms with van der Waals surface area (Å²) in [5, 5.41) is 10.7. The van der Waals surface area contributed by atoms with Gasteiger partial charge in [0.05, 0.1) is 12.4 Å². The second-order valence-corrected chi connectivity index (χ2v) is 6.36. The van der Waals surface area contributed by atoms with Crippen LogP contribution in [-0.4, -0.2) is 33.2 Å². The highest BCUT2D eigenvalue weighted by Crippen LogP contribution is 2.37. The van der Waals surface area contributed by atoms with Gasteiger partial charge in [0.1, 0.15) is 5.60 Å². The monoisotopic (exact) mass is 302 g/mol. The number of Topliss-reactive ketones (excluding diaryl/α,β-unsaturated/α-hetero) is 1. The first-order valence-corrected chi connectivity index (χ1v) is 8.10. The van der Waals surface area contributed by atoms with Crippen molar-refractivity contribution in [3.8, 4) is 0 Å². The number of thiocarbonyl (C=S) groups is 1. The van der Waals surface area contributed by atoms with E-state index in [4.69, 9.17) is 17.0 Å². The molecule has 0 radical (unpaired) electrons. The van der Waals surface area contributed by atoms with Crippen molar-refractivity contribution >= 4 is 34.1 Å². The number of ether oxygens (including phenoxy) is 1. The van der Waals surface area contributed by atoms with Crippen molar-refractivity contribution in [3.05, 3.63) is 12.7 Å². The Hall–Kier alpha value is -0.390. The summed E-state index contributed by atoms with van der Waals surface area (Å²) in [4.78, 5) is 12.3. The lowest BCUT2D eigenvalue weighted by Gasteiger charge is -2.38. The molecule has 0 unspecified atom stereocenters. The molecule has 0 aromatic rings. The molecular weight excluding hydrogens is 280 g/mol. The van der Waals surface area contributed by atoms with E-state index in [9.17, 15) is 9.90 Å². The third kappa shape index (κ3) is 4.58. The molecule has 108 valence electrons. The quantitative estimate of drug-likeness (QED) is 0.603. The smallest absolute Gasteiger partial charge is 0.220 e. The molecule has 2 atom stereocenters. The standard InChI is InChI=1S/C14H22O3S2/c1-3-7-11-8-5-6-9-14(11,16)12(15)10-19-13(18)17-4-2/h3,11,16H,1,4-10H2,2H3/t11-,14+/m0/s1. The third-order valence-electron chi connectivity index (χ3n) is 3.55. The van der Waals surface area contributed by atoms with E-state index < -0.39 is 5.60 Å². The molecule has 1 aliphatic rings. The summed E-state index contributed by atoms with van der Waals surface area (Å²) in [7, 11) is 0. The molecule has 0 bridgehead atoms. The Balaban J connectivity index is 2.60. The van der Waals surface area contributed by atoms with Gasteiger partial charge in [-0.25, -0.2) is 0 Å². The number of thioether (sulfide) groups is 1. The van der Waals surface area contributed by atoms with Gasteiger partial charge >= 0.3 is 0 Å². The summed E-state index contributed by atoms with van der Waals surface area (Å²) in [5.74, 6) is 0.0433. The van der Waals surface area contributed by atoms with Crippen molar-refractivity contribution in [2.24, 2.45) is 5.92 Å². The van der Waals surface area contributed by atoms with E-state index in [-0.39, 0.29) is 17.5 Å². The lowest BCUT2D eigenvalue weighted by Crippen LogP contribution is -2.48. The topological polar surface area (TPSA) is 46.5 Å². The van der Waals surface area contributed by atoms with Gasteiger partial charge in [0.25, 0.3) is 0 Å². The second kappa shape index (κ2) is 8.02. The number of hydrogen-bond acceptors (Lipinski definition) is 5. The Bertz CT molecular complexity index is 344. The fourth-order valence-corrected chi connectivity index (χ4v) is 3.51. The minimum atomic E-state index is -1.21. The van der Waals surface area contributed by atoms with Gasteiger partial charge in [0.2, 0.25) is 4.38 Å². The third-order valence-corrected chi connectivity index (χ3v) is 4.78. The van der Waals surface area contributed by atoms with Crippen molar-refractivity contribution < 1.29 is 14.6 Å². The first-order chi connectivity index (χ1) is 9.04. The molecule has 1 rings (SSSR count). The first-order valence-electron chi connectivity index (χ1n) is 6.70. The lowest BCUT2D eigenvalue weighted by molar-refractivity contribution is -0.144. The van der Waals surface area contributed by atoms with E-state index in [2.05, 4.69) is 6.58 Å². The molecule has 0 aromatic heterocycles. The van der Waals surface area contributed by atoms with Crippen LogP contribution in [0.2, 0.25) is 0 Å². The summed E-state index contributed by atoms with van der Waals surface area (Å²) in [5.41, 5.74) is -1.21. The zero-order valence-corrected chi connectivity index (χ0v) is 13.0. The molecule has 0 spiro atoms. The molecule has 1 N–H and O–H groups in total. The van der Waals surface area contributed by atoms with Gasteiger partial charge in [-0.3, -0.25) is 4.79 Å². The molecule has 3 nitrogen and oxygen atoms in total. The number of carbonyl (C=O) groups excluding carboxylic acids is 1. The Labute approximate surface area is 124 Å². The van der Waals surface area contributed by atoms with Gasteiger partial charge in [-0.1, -0.05) is 30.7 Å². The second-order valence-electron chi connectivity index (χ2n) is 4.79. The minimum Gasteiger partial charge on any atom is -0.479 e. The van der Waals surface area contributed by atoms with Gasteiger partial charge in [0.15, 0.2) is 5.78 Å². The van der Waals surface area contributed by atoms with Crippen LogP contribution >= 0.6 is 24.0 Å². The predicted octanol–water partition coefficient (Wildman–Crippen LogP) is 3.11. The van der Waals surface area contributed by atoms with Crippen molar-refractivity contribution in [2.75, 3.05) is 12.4 Å². The number of carbonyl (C=O) groups is 1. The van der Waals surface area contributed by atoms with Crippen LogP contribution in [0.5, 0.6) is 0 Å². The van der Waals surface area contributed by atoms with Gasteiger partial charge in [-0.2, -0.15) is 0 Å². The molecule has 5 heteroatoms. The van der Waals surface area contributed by atoms with Crippen LogP contribution < -0.4 is 0 Å². The molecule has 1 saturated carbocycles. The summed E-state index contributed by atoms with van der Waals surface area (Å²) in [6, 6.07) is 0. The van der Waals surface area contributed by atoms with Gasteiger partial charge in [0, 0.05) is 0 Å². The molecule has 0 saturated heterocycles. The summed E-state index contributed by atoms with van der Waals surface area (Å²) >= 11 is 6.18. The van der Waals surface area contributed by atoms with Crippen LogP contribution in [0.3, 0.4) is 0 Å². The van der Waals surface area contributed by atoms with E-state index >= 15 is 0 Å². The van der Waals surface area contributed by atoms with Crippen molar-refractivity contribution in [3.63, 3.8) is 0 Å². The molecule has 1 fully saturated rings. The number of aliphatic hydroxyl groups is 1. The Morgan fingerprint density at radius 1 is 1.63 bits per heavy atom. The molecule has 19 heavy (non-hydrogen) atoms. The van der Waals surface area contributed by atoms with E-state index in [1.165, 1.54) is 11.8 Å². The summed E-state index contributed by atoms with van der Waals surface area (Å²) < 4.78 is 5.50. The maximum Gasteiger partial charge on any atom is 0.220 e. The van der Waals surface area contributed by atoms with Crippen molar-refractivity contribution in [1.29, 1.82) is 0 Å². The average Bonchev–Trinajstić information content (AvgIpc) is 2.39. The molecule has 0 aliphatic heterocycles. The number of allylic oxidation sites excluding steroid dienone is 1. The Morgan fingerprint density at radius 3 is 3.00 bits per heavy atom. The number of hydrogen-bond donors (Lipinski definition) is 1. The SMILES string of the molecule is C=CC[C@H]1CCCC[C@]1(O)C(=O)CSC(=S)OCC. The maximum atomic E-state index is 12.3. The normalized spacial score (nSPS) is 26.7. The molecule has 1 aliphatic carbocycles. The highest BCUT2D eigenvalue weighted by molar-refractivity contribution is 8.23. The van der Waals surface area contributed by atoms with E-state index in [1.807, 2.05) is 6.92 Å². The summed E-state index contributed by atoms with van der Waals surface area (Å²) in [6.45, 7) is 6.06. The highest BCUT2D eigenvalue weighted by Gasteiger charge is 2.43.